The average Bonchev–Trinajstić information content (AvgIpc) is 3.10. The largest absolute Gasteiger partial charge is 0.395 e. The molecule has 1 unspecified atom stereocenters. The summed E-state index contributed by atoms with van der Waals surface area (Å²) in [5.74, 6) is 0.130. The second kappa shape index (κ2) is 6.00. The van der Waals surface area contributed by atoms with Gasteiger partial charge in [0.2, 0.25) is 5.91 Å². The number of likely N-dealkylation sites (tertiary alicyclic amines) is 2. The lowest BCUT2D eigenvalue weighted by molar-refractivity contribution is -0.146. The molecule has 0 aliphatic carbocycles. The summed E-state index contributed by atoms with van der Waals surface area (Å²) in [7, 11) is 1.93. The Labute approximate surface area is 136 Å². The van der Waals surface area contributed by atoms with Gasteiger partial charge in [0.1, 0.15) is 0 Å². The first-order valence-corrected chi connectivity index (χ1v) is 8.30. The zero-order chi connectivity index (χ0) is 16.6. The lowest BCUT2D eigenvalue weighted by atomic mass is 9.78. The average molecular weight is 319 g/mol. The molecule has 0 radical (unpaired) electrons. The Morgan fingerprint density at radius 2 is 2.13 bits per heavy atom. The smallest absolute Gasteiger partial charge is 0.255 e. The van der Waals surface area contributed by atoms with E-state index in [2.05, 4.69) is 0 Å². The Balaban J connectivity index is 1.76. The molecule has 2 fully saturated rings. The van der Waals surface area contributed by atoms with Gasteiger partial charge in [-0.25, -0.2) is 0 Å². The maximum absolute atomic E-state index is 12.8. The number of hydrogen-bond donors (Lipinski definition) is 1. The van der Waals surface area contributed by atoms with Crippen LogP contribution in [0, 0.1) is 12.3 Å². The van der Waals surface area contributed by atoms with Crippen molar-refractivity contribution in [2.75, 3.05) is 32.8 Å². The number of β-amino-alcohol motifs (C(OH)–C–C–N with tert-alkyl or cyclic N) is 1. The van der Waals surface area contributed by atoms with E-state index in [1.54, 1.807) is 4.90 Å². The minimum atomic E-state index is -0.439. The molecule has 2 aliphatic heterocycles. The van der Waals surface area contributed by atoms with Gasteiger partial charge in [-0.05, 0) is 32.3 Å². The number of rotatable bonds is 3. The van der Waals surface area contributed by atoms with Gasteiger partial charge in [-0.1, -0.05) is 0 Å². The van der Waals surface area contributed by atoms with Crippen molar-refractivity contribution in [3.8, 4) is 0 Å². The molecule has 126 valence electrons. The second-order valence-electron chi connectivity index (χ2n) is 6.80. The molecule has 23 heavy (non-hydrogen) atoms. The Morgan fingerprint density at radius 3 is 2.78 bits per heavy atom. The van der Waals surface area contributed by atoms with Crippen molar-refractivity contribution in [3.05, 3.63) is 23.5 Å². The van der Waals surface area contributed by atoms with Gasteiger partial charge in [0.15, 0.2) is 0 Å². The molecule has 6 heteroatoms. The highest BCUT2D eigenvalue weighted by atomic mass is 16.3. The first-order chi connectivity index (χ1) is 11.0. The normalized spacial score (nSPS) is 24.7. The molecular weight excluding hydrogens is 294 g/mol. The van der Waals surface area contributed by atoms with E-state index >= 15 is 0 Å². The van der Waals surface area contributed by atoms with Crippen molar-refractivity contribution in [1.82, 2.24) is 14.4 Å². The summed E-state index contributed by atoms with van der Waals surface area (Å²) >= 11 is 0. The molecule has 3 heterocycles. The van der Waals surface area contributed by atoms with Crippen LogP contribution in [-0.4, -0.2) is 64.1 Å². The Hall–Kier alpha value is -1.82. The zero-order valence-electron chi connectivity index (χ0n) is 13.9. The molecule has 2 aliphatic rings. The van der Waals surface area contributed by atoms with Gasteiger partial charge in [-0.3, -0.25) is 9.59 Å². The molecule has 1 aromatic rings. The first-order valence-electron chi connectivity index (χ1n) is 8.30. The minimum absolute atomic E-state index is 0.00627. The Morgan fingerprint density at radius 1 is 1.35 bits per heavy atom. The van der Waals surface area contributed by atoms with E-state index in [9.17, 15) is 9.59 Å². The molecule has 1 atom stereocenters. The Kier molecular flexibility index (Phi) is 4.19. The highest BCUT2D eigenvalue weighted by molar-refractivity contribution is 5.96. The van der Waals surface area contributed by atoms with Gasteiger partial charge in [0.25, 0.3) is 5.91 Å². The van der Waals surface area contributed by atoms with Crippen LogP contribution in [0.4, 0.5) is 0 Å². The van der Waals surface area contributed by atoms with Crippen molar-refractivity contribution in [1.29, 1.82) is 0 Å². The van der Waals surface area contributed by atoms with Gasteiger partial charge in [-0.15, -0.1) is 0 Å². The van der Waals surface area contributed by atoms with Crippen LogP contribution in [0.5, 0.6) is 0 Å². The predicted octanol–water partition coefficient (Wildman–Crippen LogP) is 0.781. The van der Waals surface area contributed by atoms with Crippen LogP contribution in [0.25, 0.3) is 0 Å². The molecule has 2 saturated heterocycles. The number of aliphatic hydroxyl groups is 1. The van der Waals surface area contributed by atoms with Crippen molar-refractivity contribution < 1.29 is 14.7 Å². The number of hydrogen-bond acceptors (Lipinski definition) is 3. The molecule has 1 spiro atoms. The van der Waals surface area contributed by atoms with Crippen LogP contribution in [0.1, 0.15) is 35.3 Å². The van der Waals surface area contributed by atoms with Crippen molar-refractivity contribution >= 4 is 11.8 Å². The van der Waals surface area contributed by atoms with E-state index in [0.717, 1.165) is 30.5 Å². The lowest BCUT2D eigenvalue weighted by Gasteiger charge is -2.39. The van der Waals surface area contributed by atoms with E-state index in [1.807, 2.05) is 35.7 Å². The van der Waals surface area contributed by atoms with Crippen molar-refractivity contribution in [2.45, 2.75) is 26.2 Å². The van der Waals surface area contributed by atoms with Gasteiger partial charge >= 0.3 is 0 Å². The SMILES string of the molecule is Cc1c(C(=O)N2CCC3(CCCN(CCO)C3=O)C2)ccn1C. The number of carbonyl (C=O) groups is 2. The van der Waals surface area contributed by atoms with E-state index in [4.69, 9.17) is 5.11 Å². The number of aryl methyl sites for hydroxylation is 1. The highest BCUT2D eigenvalue weighted by Gasteiger charge is 2.49. The van der Waals surface area contributed by atoms with E-state index in [0.29, 0.717) is 26.2 Å². The van der Waals surface area contributed by atoms with Crippen LogP contribution >= 0.6 is 0 Å². The summed E-state index contributed by atoms with van der Waals surface area (Å²) in [6.07, 6.45) is 4.40. The summed E-state index contributed by atoms with van der Waals surface area (Å²) in [6, 6.07) is 1.85. The maximum atomic E-state index is 12.8. The molecule has 0 bridgehead atoms. The fourth-order valence-electron chi connectivity index (χ4n) is 3.92. The molecule has 1 aromatic heterocycles. The van der Waals surface area contributed by atoms with Gasteiger partial charge in [0, 0.05) is 45.1 Å². The third kappa shape index (κ3) is 2.65. The van der Waals surface area contributed by atoms with Crippen molar-refractivity contribution in [3.63, 3.8) is 0 Å². The van der Waals surface area contributed by atoms with E-state index < -0.39 is 5.41 Å². The Bertz CT molecular complexity index is 623. The molecule has 3 rings (SSSR count). The second-order valence-corrected chi connectivity index (χ2v) is 6.80. The number of aliphatic hydroxyl groups excluding tert-OH is 1. The van der Waals surface area contributed by atoms with Gasteiger partial charge < -0.3 is 19.5 Å². The third-order valence-corrected chi connectivity index (χ3v) is 5.45. The molecule has 1 N–H and O–H groups in total. The lowest BCUT2D eigenvalue weighted by Crippen LogP contribution is -2.51. The number of nitrogens with zero attached hydrogens (tertiary/aromatic N) is 3. The van der Waals surface area contributed by atoms with Crippen LogP contribution in [0.3, 0.4) is 0 Å². The summed E-state index contributed by atoms with van der Waals surface area (Å²) in [6.45, 7) is 4.17. The number of aromatic nitrogens is 1. The molecule has 2 amide bonds. The van der Waals surface area contributed by atoms with Crippen LogP contribution in [0.2, 0.25) is 0 Å². The van der Waals surface area contributed by atoms with Crippen LogP contribution in [-0.2, 0) is 11.8 Å². The van der Waals surface area contributed by atoms with E-state index in [1.165, 1.54) is 0 Å². The van der Waals surface area contributed by atoms with Crippen LogP contribution in [0.15, 0.2) is 12.3 Å². The first kappa shape index (κ1) is 16.1. The summed E-state index contributed by atoms with van der Waals surface area (Å²) < 4.78 is 1.94. The van der Waals surface area contributed by atoms with Gasteiger partial charge in [-0.2, -0.15) is 0 Å². The molecular formula is C17H25N3O3. The summed E-state index contributed by atoms with van der Waals surface area (Å²) in [5, 5.41) is 9.13. The summed E-state index contributed by atoms with van der Waals surface area (Å²) in [4.78, 5) is 29.1. The fraction of sp³-hybridized carbons (Fsp3) is 0.647. The summed E-state index contributed by atoms with van der Waals surface area (Å²) in [5.41, 5.74) is 1.24. The minimum Gasteiger partial charge on any atom is -0.395 e. The topological polar surface area (TPSA) is 65.8 Å². The molecule has 0 saturated carbocycles. The highest BCUT2D eigenvalue weighted by Crippen LogP contribution is 2.40. The fourth-order valence-corrected chi connectivity index (χ4v) is 3.92. The molecule has 6 nitrogen and oxygen atoms in total. The van der Waals surface area contributed by atoms with Crippen molar-refractivity contribution in [2.24, 2.45) is 12.5 Å². The number of carbonyl (C=O) groups excluding carboxylic acids is 2. The molecule has 0 aromatic carbocycles. The third-order valence-electron chi connectivity index (χ3n) is 5.45. The standard InChI is InChI=1S/C17H25N3O3/c1-13-14(4-8-18(13)2)15(22)20-9-6-17(12-20)5-3-7-19(10-11-21)16(17)23/h4,8,21H,3,5-7,9-12H2,1-2H3. The van der Waals surface area contributed by atoms with Crippen LogP contribution < -0.4 is 0 Å². The maximum Gasteiger partial charge on any atom is 0.255 e. The monoisotopic (exact) mass is 319 g/mol. The predicted molar refractivity (Wildman–Crippen MR) is 86.0 cm³/mol. The zero-order valence-corrected chi connectivity index (χ0v) is 13.9. The van der Waals surface area contributed by atoms with E-state index in [-0.39, 0.29) is 18.4 Å². The van der Waals surface area contributed by atoms with Gasteiger partial charge in [0.05, 0.1) is 17.6 Å². The number of amides is 2. The quantitative estimate of drug-likeness (QED) is 0.895. The number of piperidine rings is 1.